The molecule has 0 fully saturated rings. The molecule has 0 spiro atoms. The topological polar surface area (TPSA) is 64.4 Å². The minimum absolute atomic E-state index is 0.0415. The number of rotatable bonds is 5. The second kappa shape index (κ2) is 6.26. The van der Waals surface area contributed by atoms with Crippen molar-refractivity contribution in [3.8, 4) is 5.75 Å². The molecule has 21 heavy (non-hydrogen) atoms. The molecule has 110 valence electrons. The molecule has 2 rings (SSSR count). The Labute approximate surface area is 123 Å². The summed E-state index contributed by atoms with van der Waals surface area (Å²) in [7, 11) is 1.55. The Bertz CT molecular complexity index is 648. The van der Waals surface area contributed by atoms with Gasteiger partial charge in [0, 0.05) is 18.7 Å². The second-order valence-electron chi connectivity index (χ2n) is 4.87. The molecule has 2 aromatic carbocycles. The molecule has 0 atom stereocenters. The smallest absolute Gasteiger partial charge is 0.271 e. The SMILES string of the molecule is COc1ccc([N+](=O)[O-])cc1NCc1c(C)cccc1C. The van der Waals surface area contributed by atoms with Gasteiger partial charge in [0.15, 0.2) is 0 Å². The van der Waals surface area contributed by atoms with Gasteiger partial charge in [0.05, 0.1) is 17.7 Å². The van der Waals surface area contributed by atoms with Gasteiger partial charge in [-0.2, -0.15) is 0 Å². The van der Waals surface area contributed by atoms with Gasteiger partial charge in [-0.3, -0.25) is 10.1 Å². The third-order valence-electron chi connectivity index (χ3n) is 3.49. The van der Waals surface area contributed by atoms with Crippen molar-refractivity contribution in [2.75, 3.05) is 12.4 Å². The van der Waals surface area contributed by atoms with Crippen LogP contribution in [0.4, 0.5) is 11.4 Å². The molecule has 0 aliphatic rings. The Morgan fingerprint density at radius 3 is 2.43 bits per heavy atom. The Morgan fingerprint density at radius 1 is 1.19 bits per heavy atom. The molecule has 0 heterocycles. The Kier molecular flexibility index (Phi) is 4.42. The van der Waals surface area contributed by atoms with Gasteiger partial charge in [0.25, 0.3) is 5.69 Å². The van der Waals surface area contributed by atoms with E-state index in [1.165, 1.54) is 28.8 Å². The van der Waals surface area contributed by atoms with Gasteiger partial charge in [-0.15, -0.1) is 0 Å². The lowest BCUT2D eigenvalue weighted by molar-refractivity contribution is -0.384. The molecular weight excluding hydrogens is 268 g/mol. The fourth-order valence-electron chi connectivity index (χ4n) is 2.26. The third kappa shape index (κ3) is 3.31. The van der Waals surface area contributed by atoms with Gasteiger partial charge < -0.3 is 10.1 Å². The second-order valence-corrected chi connectivity index (χ2v) is 4.87. The number of hydrogen-bond donors (Lipinski definition) is 1. The zero-order valence-corrected chi connectivity index (χ0v) is 12.3. The van der Waals surface area contributed by atoms with Crippen LogP contribution < -0.4 is 10.1 Å². The van der Waals surface area contributed by atoms with E-state index < -0.39 is 4.92 Å². The summed E-state index contributed by atoms with van der Waals surface area (Å²) >= 11 is 0. The largest absolute Gasteiger partial charge is 0.495 e. The molecule has 0 unspecified atom stereocenters. The predicted octanol–water partition coefficient (Wildman–Crippen LogP) is 3.83. The molecule has 0 aliphatic carbocycles. The zero-order chi connectivity index (χ0) is 15.4. The zero-order valence-electron chi connectivity index (χ0n) is 12.3. The molecule has 5 heteroatoms. The van der Waals surface area contributed by atoms with Crippen molar-refractivity contribution in [1.82, 2.24) is 0 Å². The lowest BCUT2D eigenvalue weighted by atomic mass is 10.0. The molecule has 0 saturated heterocycles. The summed E-state index contributed by atoms with van der Waals surface area (Å²) in [6.07, 6.45) is 0. The molecule has 0 radical (unpaired) electrons. The van der Waals surface area contributed by atoms with Crippen LogP contribution in [-0.4, -0.2) is 12.0 Å². The highest BCUT2D eigenvalue weighted by atomic mass is 16.6. The third-order valence-corrected chi connectivity index (χ3v) is 3.49. The van der Waals surface area contributed by atoms with Crippen molar-refractivity contribution in [3.05, 3.63) is 63.2 Å². The van der Waals surface area contributed by atoms with Crippen molar-refractivity contribution < 1.29 is 9.66 Å². The average Bonchev–Trinajstić information content (AvgIpc) is 2.46. The predicted molar refractivity (Wildman–Crippen MR) is 82.9 cm³/mol. The van der Waals surface area contributed by atoms with Crippen molar-refractivity contribution in [2.45, 2.75) is 20.4 Å². The fraction of sp³-hybridized carbons (Fsp3) is 0.250. The molecule has 0 bridgehead atoms. The quantitative estimate of drug-likeness (QED) is 0.670. The monoisotopic (exact) mass is 286 g/mol. The van der Waals surface area contributed by atoms with Gasteiger partial charge in [-0.25, -0.2) is 0 Å². The summed E-state index contributed by atoms with van der Waals surface area (Å²) in [5.41, 5.74) is 4.22. The van der Waals surface area contributed by atoms with Crippen molar-refractivity contribution in [3.63, 3.8) is 0 Å². The van der Waals surface area contributed by atoms with Crippen LogP contribution >= 0.6 is 0 Å². The standard InChI is InChI=1S/C16H18N2O3/c1-11-5-4-6-12(2)14(11)10-17-15-9-13(18(19)20)7-8-16(15)21-3/h4-9,17H,10H2,1-3H3. The normalized spacial score (nSPS) is 10.2. The van der Waals surface area contributed by atoms with E-state index in [1.807, 2.05) is 6.07 Å². The molecule has 5 nitrogen and oxygen atoms in total. The first-order chi connectivity index (χ1) is 10.0. The van der Waals surface area contributed by atoms with Crippen LogP contribution in [0.2, 0.25) is 0 Å². The molecular formula is C16H18N2O3. The number of hydrogen-bond acceptors (Lipinski definition) is 4. The molecule has 2 aromatic rings. The number of ether oxygens (including phenoxy) is 1. The van der Waals surface area contributed by atoms with Gasteiger partial charge in [-0.05, 0) is 36.6 Å². The number of nitro benzene ring substituents is 1. The van der Waals surface area contributed by atoms with E-state index in [-0.39, 0.29) is 5.69 Å². The maximum Gasteiger partial charge on any atom is 0.271 e. The van der Waals surface area contributed by atoms with Crippen molar-refractivity contribution >= 4 is 11.4 Å². The van der Waals surface area contributed by atoms with Crippen molar-refractivity contribution in [1.29, 1.82) is 0 Å². The van der Waals surface area contributed by atoms with E-state index in [4.69, 9.17) is 4.74 Å². The number of nitrogens with zero attached hydrogens (tertiary/aromatic N) is 1. The molecule has 0 aliphatic heterocycles. The minimum atomic E-state index is -0.413. The van der Waals surface area contributed by atoms with Crippen LogP contribution in [0.3, 0.4) is 0 Å². The van der Waals surface area contributed by atoms with Crippen LogP contribution in [0.1, 0.15) is 16.7 Å². The first kappa shape index (κ1) is 14.8. The maximum absolute atomic E-state index is 10.9. The maximum atomic E-state index is 10.9. The van der Waals surface area contributed by atoms with Crippen LogP contribution in [0.5, 0.6) is 5.75 Å². The van der Waals surface area contributed by atoms with Crippen LogP contribution in [0, 0.1) is 24.0 Å². The van der Waals surface area contributed by atoms with E-state index in [2.05, 4.69) is 31.3 Å². The van der Waals surface area contributed by atoms with E-state index >= 15 is 0 Å². The van der Waals surface area contributed by atoms with Crippen LogP contribution in [0.25, 0.3) is 0 Å². The Morgan fingerprint density at radius 2 is 1.86 bits per heavy atom. The number of aryl methyl sites for hydroxylation is 2. The summed E-state index contributed by atoms with van der Waals surface area (Å²) in [6.45, 7) is 4.69. The number of non-ortho nitro benzene ring substituents is 1. The number of nitrogens with one attached hydrogen (secondary N) is 1. The summed E-state index contributed by atoms with van der Waals surface area (Å²) < 4.78 is 5.24. The summed E-state index contributed by atoms with van der Waals surface area (Å²) in [5.74, 6) is 0.590. The number of nitro groups is 1. The van der Waals surface area contributed by atoms with E-state index in [0.717, 1.165) is 0 Å². The minimum Gasteiger partial charge on any atom is -0.495 e. The van der Waals surface area contributed by atoms with E-state index in [1.54, 1.807) is 13.2 Å². The molecule has 1 N–H and O–H groups in total. The number of benzene rings is 2. The van der Waals surface area contributed by atoms with E-state index in [9.17, 15) is 10.1 Å². The highest BCUT2D eigenvalue weighted by Crippen LogP contribution is 2.29. The van der Waals surface area contributed by atoms with Crippen molar-refractivity contribution in [2.24, 2.45) is 0 Å². The van der Waals surface area contributed by atoms with Gasteiger partial charge in [-0.1, -0.05) is 18.2 Å². The fourth-order valence-corrected chi connectivity index (χ4v) is 2.26. The highest BCUT2D eigenvalue weighted by molar-refractivity contribution is 5.62. The average molecular weight is 286 g/mol. The van der Waals surface area contributed by atoms with Gasteiger partial charge in [0.2, 0.25) is 0 Å². The van der Waals surface area contributed by atoms with Gasteiger partial charge in [0.1, 0.15) is 5.75 Å². The molecule has 0 amide bonds. The lowest BCUT2D eigenvalue weighted by Gasteiger charge is -2.14. The summed E-state index contributed by atoms with van der Waals surface area (Å²) in [6, 6.07) is 10.6. The Balaban J connectivity index is 2.26. The lowest BCUT2D eigenvalue weighted by Crippen LogP contribution is -2.05. The van der Waals surface area contributed by atoms with Crippen LogP contribution in [-0.2, 0) is 6.54 Å². The van der Waals surface area contributed by atoms with Gasteiger partial charge >= 0.3 is 0 Å². The Hall–Kier alpha value is -2.56. The summed E-state index contributed by atoms with van der Waals surface area (Å²) in [4.78, 5) is 10.5. The number of methoxy groups -OCH3 is 1. The number of anilines is 1. The first-order valence-electron chi connectivity index (χ1n) is 6.64. The molecule has 0 saturated carbocycles. The summed E-state index contributed by atoms with van der Waals surface area (Å²) in [5, 5.41) is 14.1. The first-order valence-corrected chi connectivity index (χ1v) is 6.64. The molecule has 0 aromatic heterocycles. The van der Waals surface area contributed by atoms with E-state index in [0.29, 0.717) is 18.0 Å². The van der Waals surface area contributed by atoms with Crippen LogP contribution in [0.15, 0.2) is 36.4 Å². The highest BCUT2D eigenvalue weighted by Gasteiger charge is 2.11.